The van der Waals surface area contributed by atoms with E-state index in [2.05, 4.69) is 0 Å². The standard InChI is InChI=1S/C17H31O6P3/c1-8-20-25(18,21-9-2)24(26(19,22-10-3)23-11-4)17-15(6)12-14(5)13-16(17)7/h12-13H,8-11H2,1-7H3. The van der Waals surface area contributed by atoms with Gasteiger partial charge in [0.25, 0.3) is 0 Å². The molecule has 1 aromatic carbocycles. The Bertz CT molecular complexity index is 618. The molecular weight excluding hydrogens is 393 g/mol. The Morgan fingerprint density at radius 2 is 1.04 bits per heavy atom. The highest BCUT2D eigenvalue weighted by atomic mass is 32.5. The number of rotatable bonds is 11. The van der Waals surface area contributed by atoms with Crippen molar-refractivity contribution >= 4 is 27.2 Å². The molecule has 0 heterocycles. The first-order valence-corrected chi connectivity index (χ1v) is 14.7. The third kappa shape index (κ3) is 5.49. The molecule has 0 aromatic heterocycles. The Balaban J connectivity index is 3.78. The summed E-state index contributed by atoms with van der Waals surface area (Å²) in [6.45, 7) is 13.5. The van der Waals surface area contributed by atoms with Gasteiger partial charge in [0.1, 0.15) is 0 Å². The summed E-state index contributed by atoms with van der Waals surface area (Å²) in [5.74, 6) is 0. The molecule has 0 aliphatic heterocycles. The van der Waals surface area contributed by atoms with Crippen LogP contribution in [0.5, 0.6) is 0 Å². The third-order valence-electron chi connectivity index (χ3n) is 3.47. The largest absolute Gasteiger partial charge is 0.366 e. The molecule has 0 bridgehead atoms. The second kappa shape index (κ2) is 10.5. The summed E-state index contributed by atoms with van der Waals surface area (Å²) in [6, 6.07) is 3.95. The van der Waals surface area contributed by atoms with Gasteiger partial charge in [-0.05, 0) is 59.6 Å². The smallest absolute Gasteiger partial charge is 0.305 e. The quantitative estimate of drug-likeness (QED) is 0.401. The Morgan fingerprint density at radius 1 is 0.731 bits per heavy atom. The van der Waals surface area contributed by atoms with Gasteiger partial charge in [0.2, 0.25) is 0 Å². The van der Waals surface area contributed by atoms with E-state index >= 15 is 0 Å². The van der Waals surface area contributed by atoms with Gasteiger partial charge in [-0.1, -0.05) is 17.7 Å². The highest BCUT2D eigenvalue weighted by Crippen LogP contribution is 2.95. The molecule has 0 aliphatic carbocycles. The molecule has 0 radical (unpaired) electrons. The fraction of sp³-hybridized carbons (Fsp3) is 0.647. The van der Waals surface area contributed by atoms with Crippen LogP contribution in [0.15, 0.2) is 12.1 Å². The second-order valence-corrected chi connectivity index (χ2v) is 15.9. The summed E-state index contributed by atoms with van der Waals surface area (Å²) >= 11 is 0. The summed E-state index contributed by atoms with van der Waals surface area (Å²) in [5.41, 5.74) is 2.84. The molecule has 0 saturated carbocycles. The van der Waals surface area contributed by atoms with E-state index < -0.39 is 21.9 Å². The van der Waals surface area contributed by atoms with Gasteiger partial charge in [0.15, 0.2) is 7.30 Å². The fourth-order valence-electron chi connectivity index (χ4n) is 2.81. The van der Waals surface area contributed by atoms with Gasteiger partial charge in [0.05, 0.1) is 26.4 Å². The zero-order valence-corrected chi connectivity index (χ0v) is 19.5. The summed E-state index contributed by atoms with van der Waals surface area (Å²) in [6.07, 6.45) is 0. The summed E-state index contributed by atoms with van der Waals surface area (Å²) in [7, 11) is -9.50. The van der Waals surface area contributed by atoms with Crippen molar-refractivity contribution in [3.05, 3.63) is 28.8 Å². The number of aryl methyl sites for hydroxylation is 3. The van der Waals surface area contributed by atoms with Crippen LogP contribution in [0.2, 0.25) is 0 Å². The average Bonchev–Trinajstić information content (AvgIpc) is 2.51. The topological polar surface area (TPSA) is 71.1 Å². The Hall–Kier alpha value is -0.0500. The highest BCUT2D eigenvalue weighted by molar-refractivity contribution is 8.62. The third-order valence-corrected chi connectivity index (χ3v) is 17.2. The zero-order chi connectivity index (χ0) is 20.0. The Labute approximate surface area is 158 Å². The molecule has 0 saturated heterocycles. The number of benzene rings is 1. The predicted octanol–water partition coefficient (Wildman–Crippen LogP) is 6.08. The molecule has 0 amide bonds. The molecule has 9 heteroatoms. The lowest BCUT2D eigenvalue weighted by atomic mass is 10.1. The maximum atomic E-state index is 13.8. The van der Waals surface area contributed by atoms with Crippen molar-refractivity contribution in [2.75, 3.05) is 26.4 Å². The van der Waals surface area contributed by atoms with Crippen LogP contribution in [0, 0.1) is 20.8 Å². The molecule has 1 rings (SSSR count). The molecule has 0 unspecified atom stereocenters. The fourth-order valence-corrected chi connectivity index (χ4v) is 17.4. The summed E-state index contributed by atoms with van der Waals surface area (Å²) in [5, 5.41) is 0.709. The van der Waals surface area contributed by atoms with Crippen molar-refractivity contribution in [3.63, 3.8) is 0 Å². The SMILES string of the molecule is CCOP(=O)(OCC)P(c1c(C)cc(C)cc1C)P(=O)(OCC)OCC. The van der Waals surface area contributed by atoms with E-state index in [0.717, 1.165) is 16.7 Å². The first-order chi connectivity index (χ1) is 12.2. The minimum absolute atomic E-state index is 0.179. The number of hydrogen-bond acceptors (Lipinski definition) is 6. The van der Waals surface area contributed by atoms with E-state index in [1.807, 2.05) is 32.9 Å². The van der Waals surface area contributed by atoms with Gasteiger partial charge in [0, 0.05) is 5.30 Å². The van der Waals surface area contributed by atoms with E-state index in [-0.39, 0.29) is 26.4 Å². The molecule has 0 fully saturated rings. The molecule has 0 atom stereocenters. The molecular formula is C17H31O6P3. The van der Waals surface area contributed by atoms with Crippen LogP contribution < -0.4 is 5.30 Å². The maximum absolute atomic E-state index is 13.8. The molecule has 26 heavy (non-hydrogen) atoms. The van der Waals surface area contributed by atoms with Crippen LogP contribution in [-0.2, 0) is 27.2 Å². The van der Waals surface area contributed by atoms with Crippen LogP contribution >= 0.6 is 21.9 Å². The predicted molar refractivity (Wildman–Crippen MR) is 109 cm³/mol. The summed E-state index contributed by atoms with van der Waals surface area (Å²) < 4.78 is 49.9. The van der Waals surface area contributed by atoms with Crippen molar-refractivity contribution in [1.29, 1.82) is 0 Å². The monoisotopic (exact) mass is 424 g/mol. The molecule has 6 nitrogen and oxygen atoms in total. The van der Waals surface area contributed by atoms with Gasteiger partial charge < -0.3 is 18.1 Å². The van der Waals surface area contributed by atoms with Crippen LogP contribution in [0.4, 0.5) is 0 Å². The first kappa shape index (κ1) is 24.0. The summed E-state index contributed by atoms with van der Waals surface area (Å²) in [4.78, 5) is 0. The van der Waals surface area contributed by atoms with Gasteiger partial charge >= 0.3 is 14.6 Å². The van der Waals surface area contributed by atoms with E-state index in [4.69, 9.17) is 18.1 Å². The van der Waals surface area contributed by atoms with E-state index in [1.165, 1.54) is 0 Å². The normalized spacial score (nSPS) is 12.8. The van der Waals surface area contributed by atoms with Gasteiger partial charge in [-0.2, -0.15) is 0 Å². The highest BCUT2D eigenvalue weighted by Gasteiger charge is 2.53. The maximum Gasteiger partial charge on any atom is 0.366 e. The second-order valence-electron chi connectivity index (χ2n) is 5.64. The molecule has 0 N–H and O–H groups in total. The van der Waals surface area contributed by atoms with Gasteiger partial charge in [-0.25, -0.2) is 0 Å². The van der Waals surface area contributed by atoms with Crippen LogP contribution in [0.1, 0.15) is 44.4 Å². The lowest BCUT2D eigenvalue weighted by Crippen LogP contribution is -2.14. The van der Waals surface area contributed by atoms with Crippen LogP contribution in [0.25, 0.3) is 0 Å². The number of hydrogen-bond donors (Lipinski definition) is 0. The van der Waals surface area contributed by atoms with E-state index in [0.29, 0.717) is 5.30 Å². The van der Waals surface area contributed by atoms with Gasteiger partial charge in [-0.3, -0.25) is 9.13 Å². The minimum Gasteiger partial charge on any atom is -0.305 e. The molecule has 0 spiro atoms. The van der Waals surface area contributed by atoms with Crippen molar-refractivity contribution in [2.24, 2.45) is 0 Å². The van der Waals surface area contributed by atoms with Crippen LogP contribution in [-0.4, -0.2) is 26.4 Å². The van der Waals surface area contributed by atoms with E-state index in [1.54, 1.807) is 27.7 Å². The van der Waals surface area contributed by atoms with E-state index in [9.17, 15) is 9.13 Å². The van der Waals surface area contributed by atoms with Crippen molar-refractivity contribution < 1.29 is 27.2 Å². The first-order valence-electron chi connectivity index (χ1n) is 8.86. The van der Waals surface area contributed by atoms with Crippen molar-refractivity contribution in [2.45, 2.75) is 48.5 Å². The zero-order valence-electron chi connectivity index (χ0n) is 16.8. The lowest BCUT2D eigenvalue weighted by molar-refractivity contribution is 0.230. The minimum atomic E-state index is -3.75. The Morgan fingerprint density at radius 3 is 1.31 bits per heavy atom. The van der Waals surface area contributed by atoms with Crippen molar-refractivity contribution in [3.8, 4) is 0 Å². The molecule has 1 aromatic rings. The molecule has 0 aliphatic rings. The lowest BCUT2D eigenvalue weighted by Gasteiger charge is -2.33. The van der Waals surface area contributed by atoms with Gasteiger partial charge in [-0.15, -0.1) is 0 Å². The average molecular weight is 424 g/mol. The molecule has 150 valence electrons. The Kier molecular flexibility index (Phi) is 9.67. The van der Waals surface area contributed by atoms with Crippen molar-refractivity contribution in [1.82, 2.24) is 0 Å². The van der Waals surface area contributed by atoms with Crippen LogP contribution in [0.3, 0.4) is 0 Å².